The number of rotatable bonds is 5. The van der Waals surface area contributed by atoms with E-state index in [1.807, 2.05) is 31.2 Å². The molecule has 2 aromatic rings. The van der Waals surface area contributed by atoms with Gasteiger partial charge in [0, 0.05) is 13.1 Å². The molecule has 1 N–H and O–H groups in total. The first kappa shape index (κ1) is 16.8. The van der Waals surface area contributed by atoms with Gasteiger partial charge >= 0.3 is 0 Å². The molecule has 6 heteroatoms. The predicted molar refractivity (Wildman–Crippen MR) is 89.7 cm³/mol. The molecule has 0 aliphatic carbocycles. The molecule has 25 heavy (non-hydrogen) atoms. The second kappa shape index (κ2) is 6.84. The van der Waals surface area contributed by atoms with Crippen molar-refractivity contribution in [2.45, 2.75) is 13.3 Å². The second-order valence-corrected chi connectivity index (χ2v) is 5.94. The molecule has 0 unspecified atom stereocenters. The van der Waals surface area contributed by atoms with Gasteiger partial charge in [-0.1, -0.05) is 35.9 Å². The highest BCUT2D eigenvalue weighted by molar-refractivity contribution is 6.21. The predicted octanol–water partition coefficient (Wildman–Crippen LogP) is 2.09. The van der Waals surface area contributed by atoms with Gasteiger partial charge in [-0.15, -0.1) is 0 Å². The second-order valence-electron chi connectivity index (χ2n) is 5.94. The zero-order valence-corrected chi connectivity index (χ0v) is 13.7. The number of carbonyl (C=O) groups excluding carboxylic acids is 3. The molecule has 0 fully saturated rings. The summed E-state index contributed by atoms with van der Waals surface area (Å²) in [6.45, 7) is 2.10. The van der Waals surface area contributed by atoms with E-state index in [-0.39, 0.29) is 36.5 Å². The van der Waals surface area contributed by atoms with E-state index in [0.717, 1.165) is 22.1 Å². The number of hydrogen-bond donors (Lipinski definition) is 1. The van der Waals surface area contributed by atoms with Crippen LogP contribution in [0.3, 0.4) is 0 Å². The smallest absolute Gasteiger partial charge is 0.264 e. The van der Waals surface area contributed by atoms with Crippen LogP contribution in [0.2, 0.25) is 0 Å². The molecule has 1 aliphatic rings. The third kappa shape index (κ3) is 3.42. The third-order valence-corrected chi connectivity index (χ3v) is 4.09. The first-order valence-electron chi connectivity index (χ1n) is 7.94. The molecule has 1 heterocycles. The minimum absolute atomic E-state index is 0.00538. The first-order valence-corrected chi connectivity index (χ1v) is 7.94. The molecular formula is C19H17FN2O3. The van der Waals surface area contributed by atoms with Crippen LogP contribution in [0.15, 0.2) is 42.5 Å². The zero-order valence-electron chi connectivity index (χ0n) is 13.7. The third-order valence-electron chi connectivity index (χ3n) is 4.09. The Bertz CT molecular complexity index is 846. The number of amides is 3. The van der Waals surface area contributed by atoms with Crippen molar-refractivity contribution >= 4 is 17.7 Å². The van der Waals surface area contributed by atoms with Gasteiger partial charge in [0.05, 0.1) is 17.5 Å². The van der Waals surface area contributed by atoms with Crippen LogP contribution in [0.5, 0.6) is 0 Å². The maximum absolute atomic E-state index is 13.7. The number of hydrogen-bond acceptors (Lipinski definition) is 3. The van der Waals surface area contributed by atoms with Crippen molar-refractivity contribution in [2.24, 2.45) is 0 Å². The number of carbonyl (C=O) groups is 3. The van der Waals surface area contributed by atoms with Gasteiger partial charge in [0.15, 0.2) is 0 Å². The number of nitrogens with one attached hydrogen (secondary N) is 1. The van der Waals surface area contributed by atoms with Crippen molar-refractivity contribution in [3.8, 4) is 0 Å². The van der Waals surface area contributed by atoms with Crippen LogP contribution < -0.4 is 5.32 Å². The first-order chi connectivity index (χ1) is 12.0. The quantitative estimate of drug-likeness (QED) is 0.848. The molecule has 0 radical (unpaired) electrons. The van der Waals surface area contributed by atoms with Crippen LogP contribution in [-0.4, -0.2) is 35.7 Å². The molecule has 0 atom stereocenters. The summed E-state index contributed by atoms with van der Waals surface area (Å²) < 4.78 is 13.7. The van der Waals surface area contributed by atoms with Crippen molar-refractivity contribution in [1.82, 2.24) is 10.2 Å². The van der Waals surface area contributed by atoms with Crippen molar-refractivity contribution in [2.75, 3.05) is 13.1 Å². The van der Waals surface area contributed by atoms with Crippen molar-refractivity contribution in [3.05, 3.63) is 70.5 Å². The number of nitrogens with zero attached hydrogens (tertiary/aromatic N) is 1. The summed E-state index contributed by atoms with van der Waals surface area (Å²) in [5, 5.41) is 2.68. The SMILES string of the molecule is Cc1ccc(CC(=O)NCCN2C(=O)c3cccc(F)c3C2=O)cc1. The van der Waals surface area contributed by atoms with Gasteiger partial charge < -0.3 is 5.32 Å². The fourth-order valence-corrected chi connectivity index (χ4v) is 2.76. The Morgan fingerprint density at radius 3 is 2.48 bits per heavy atom. The Morgan fingerprint density at radius 2 is 1.80 bits per heavy atom. The highest BCUT2D eigenvalue weighted by atomic mass is 19.1. The summed E-state index contributed by atoms with van der Waals surface area (Å²) in [4.78, 5) is 37.3. The largest absolute Gasteiger partial charge is 0.354 e. The Labute approximate surface area is 144 Å². The lowest BCUT2D eigenvalue weighted by Crippen LogP contribution is -2.38. The molecule has 5 nitrogen and oxygen atoms in total. The van der Waals surface area contributed by atoms with Gasteiger partial charge in [-0.25, -0.2) is 4.39 Å². The van der Waals surface area contributed by atoms with Crippen LogP contribution >= 0.6 is 0 Å². The van der Waals surface area contributed by atoms with Crippen LogP contribution in [-0.2, 0) is 11.2 Å². The van der Waals surface area contributed by atoms with Gasteiger partial charge in [-0.05, 0) is 24.6 Å². The Balaban J connectivity index is 1.55. The van der Waals surface area contributed by atoms with E-state index in [1.54, 1.807) is 0 Å². The molecule has 3 rings (SSSR count). The minimum Gasteiger partial charge on any atom is -0.354 e. The summed E-state index contributed by atoms with van der Waals surface area (Å²) in [6, 6.07) is 11.6. The van der Waals surface area contributed by atoms with Gasteiger partial charge in [-0.2, -0.15) is 0 Å². The van der Waals surface area contributed by atoms with E-state index in [2.05, 4.69) is 5.32 Å². The van der Waals surface area contributed by atoms with E-state index in [9.17, 15) is 18.8 Å². The average molecular weight is 340 g/mol. The fourth-order valence-electron chi connectivity index (χ4n) is 2.76. The van der Waals surface area contributed by atoms with Gasteiger partial charge in [0.1, 0.15) is 5.82 Å². The standard InChI is InChI=1S/C19H17FN2O3/c1-12-5-7-13(8-6-12)11-16(23)21-9-10-22-18(24)14-3-2-4-15(20)17(14)19(22)25/h2-8H,9-11H2,1H3,(H,21,23). The number of aryl methyl sites for hydroxylation is 1. The normalized spacial score (nSPS) is 13.1. The Hall–Kier alpha value is -3.02. The van der Waals surface area contributed by atoms with Gasteiger partial charge in [0.2, 0.25) is 5.91 Å². The molecule has 0 aromatic heterocycles. The van der Waals surface area contributed by atoms with Gasteiger partial charge in [0.25, 0.3) is 11.8 Å². The van der Waals surface area contributed by atoms with Crippen molar-refractivity contribution in [3.63, 3.8) is 0 Å². The lowest BCUT2D eigenvalue weighted by Gasteiger charge is -2.14. The van der Waals surface area contributed by atoms with Crippen molar-refractivity contribution < 1.29 is 18.8 Å². The number of imide groups is 1. The fraction of sp³-hybridized carbons (Fsp3) is 0.211. The minimum atomic E-state index is -0.707. The topological polar surface area (TPSA) is 66.5 Å². The molecule has 0 saturated carbocycles. The van der Waals surface area contributed by atoms with Crippen LogP contribution in [0.25, 0.3) is 0 Å². The zero-order chi connectivity index (χ0) is 18.0. The molecule has 2 aromatic carbocycles. The average Bonchev–Trinajstić information content (AvgIpc) is 2.83. The van der Waals surface area contributed by atoms with Crippen molar-refractivity contribution in [1.29, 1.82) is 0 Å². The van der Waals surface area contributed by atoms with Gasteiger partial charge in [-0.3, -0.25) is 19.3 Å². The maximum Gasteiger partial charge on any atom is 0.264 e. The van der Waals surface area contributed by atoms with E-state index < -0.39 is 17.6 Å². The molecule has 0 spiro atoms. The highest BCUT2D eigenvalue weighted by Crippen LogP contribution is 2.24. The summed E-state index contributed by atoms with van der Waals surface area (Å²) >= 11 is 0. The van der Waals surface area contributed by atoms with Crippen LogP contribution in [0, 0.1) is 12.7 Å². The summed E-state index contributed by atoms with van der Waals surface area (Å²) in [5.74, 6) is -2.11. The van der Waals surface area contributed by atoms with Crippen LogP contribution in [0.1, 0.15) is 31.8 Å². The molecule has 0 saturated heterocycles. The lowest BCUT2D eigenvalue weighted by atomic mass is 10.1. The number of benzene rings is 2. The van der Waals surface area contributed by atoms with E-state index >= 15 is 0 Å². The Kier molecular flexibility index (Phi) is 4.61. The van der Waals surface area contributed by atoms with E-state index in [1.165, 1.54) is 12.1 Å². The Morgan fingerprint density at radius 1 is 1.08 bits per heavy atom. The molecule has 128 valence electrons. The number of halogens is 1. The lowest BCUT2D eigenvalue weighted by molar-refractivity contribution is -0.120. The monoisotopic (exact) mass is 340 g/mol. The summed E-state index contributed by atoms with van der Waals surface area (Å²) in [5.41, 5.74) is 1.86. The molecular weight excluding hydrogens is 323 g/mol. The number of fused-ring (bicyclic) bond motifs is 1. The molecule has 1 aliphatic heterocycles. The highest BCUT2D eigenvalue weighted by Gasteiger charge is 2.37. The summed E-state index contributed by atoms with van der Waals surface area (Å²) in [6.07, 6.45) is 0.219. The van der Waals surface area contributed by atoms with E-state index in [0.29, 0.717) is 0 Å². The summed E-state index contributed by atoms with van der Waals surface area (Å²) in [7, 11) is 0. The maximum atomic E-state index is 13.7. The van der Waals surface area contributed by atoms with E-state index in [4.69, 9.17) is 0 Å². The molecule has 0 bridgehead atoms. The van der Waals surface area contributed by atoms with Crippen LogP contribution in [0.4, 0.5) is 4.39 Å². The molecule has 3 amide bonds.